The number of halogens is 1. The number of imide groups is 2. The number of aromatic nitrogens is 2. The number of nitrogens with one attached hydrogen (secondary N) is 3. The Hall–Kier alpha value is -2.76. The van der Waals surface area contributed by atoms with Gasteiger partial charge in [0.05, 0.1) is 29.6 Å². The van der Waals surface area contributed by atoms with E-state index in [0.717, 1.165) is 0 Å². The van der Waals surface area contributed by atoms with E-state index < -0.39 is 35.4 Å². The molecule has 3 unspecified atom stereocenters. The van der Waals surface area contributed by atoms with Gasteiger partial charge in [-0.3, -0.25) is 20.2 Å². The molecule has 176 valence electrons. The molecule has 5 rings (SSSR count). The van der Waals surface area contributed by atoms with Gasteiger partial charge in [0.25, 0.3) is 0 Å². The summed E-state index contributed by atoms with van der Waals surface area (Å²) in [6.07, 6.45) is -0.740. The maximum absolute atomic E-state index is 13.2. The predicted octanol–water partition coefficient (Wildman–Crippen LogP) is 1.26. The molecule has 5 heterocycles. The Morgan fingerprint density at radius 1 is 1.24 bits per heavy atom. The quantitative estimate of drug-likeness (QED) is 0.558. The van der Waals surface area contributed by atoms with Gasteiger partial charge in [-0.2, -0.15) is 0 Å². The number of fused-ring (bicyclic) bond motifs is 5. The van der Waals surface area contributed by atoms with Gasteiger partial charge >= 0.3 is 6.03 Å². The summed E-state index contributed by atoms with van der Waals surface area (Å²) in [7, 11) is 0. The molecule has 0 radical (unpaired) electrons. The number of pyridine rings is 1. The van der Waals surface area contributed by atoms with Crippen molar-refractivity contribution in [3.8, 4) is 0 Å². The Bertz CT molecular complexity index is 1160. The molecule has 0 aromatic carbocycles. The number of carbonyl (C=O) groups excluding carboxylic acids is 3. The Kier molecular flexibility index (Phi) is 5.11. The molecule has 0 aliphatic carbocycles. The van der Waals surface area contributed by atoms with Crippen molar-refractivity contribution in [3.63, 3.8) is 0 Å². The van der Waals surface area contributed by atoms with E-state index in [-0.39, 0.29) is 18.6 Å². The highest BCUT2D eigenvalue weighted by molar-refractivity contribution is 6.37. The fourth-order valence-corrected chi connectivity index (χ4v) is 5.56. The summed E-state index contributed by atoms with van der Waals surface area (Å²) in [5.41, 5.74) is 0.860. The Labute approximate surface area is 194 Å². The van der Waals surface area contributed by atoms with Crippen molar-refractivity contribution >= 4 is 46.2 Å². The number of carbonyl (C=O) groups is 3. The lowest BCUT2D eigenvalue weighted by Crippen LogP contribution is -2.75. The second kappa shape index (κ2) is 7.64. The molecule has 11 nitrogen and oxygen atoms in total. The van der Waals surface area contributed by atoms with Gasteiger partial charge in [-0.15, -0.1) is 0 Å². The van der Waals surface area contributed by atoms with Crippen molar-refractivity contribution in [2.75, 3.05) is 11.4 Å². The second-order valence-electron chi connectivity index (χ2n) is 9.20. The van der Waals surface area contributed by atoms with Crippen molar-refractivity contribution in [2.45, 2.75) is 65.0 Å². The first kappa shape index (κ1) is 22.1. The molecule has 2 fully saturated rings. The first-order chi connectivity index (χ1) is 15.6. The van der Waals surface area contributed by atoms with Gasteiger partial charge in [0.1, 0.15) is 16.2 Å². The van der Waals surface area contributed by atoms with Gasteiger partial charge in [-0.1, -0.05) is 30.6 Å². The first-order valence-electron chi connectivity index (χ1n) is 10.9. The molecule has 2 saturated heterocycles. The normalized spacial score (nSPS) is 26.4. The van der Waals surface area contributed by atoms with E-state index in [1.54, 1.807) is 6.92 Å². The third-order valence-electron chi connectivity index (χ3n) is 6.52. The number of hydrogen-bond acceptors (Lipinski definition) is 9. The minimum atomic E-state index is -1.61. The van der Waals surface area contributed by atoms with Crippen molar-refractivity contribution in [2.24, 2.45) is 5.41 Å². The molecule has 2 aromatic rings. The van der Waals surface area contributed by atoms with Gasteiger partial charge in [0, 0.05) is 25.6 Å². The summed E-state index contributed by atoms with van der Waals surface area (Å²) in [5.74, 6) is -1.35. The largest absolute Gasteiger partial charge is 0.372 e. The van der Waals surface area contributed by atoms with E-state index in [1.807, 2.05) is 25.7 Å². The smallest absolute Gasteiger partial charge is 0.328 e. The SMILES string of the molecule is CC(C)NCc1noc2c(Cl)c3c(nc12)CC1(C(=O)NC(=O)NC1=O)C1C(C)OC(C)CN31. The minimum Gasteiger partial charge on any atom is -0.372 e. The van der Waals surface area contributed by atoms with Crippen LogP contribution in [-0.2, 0) is 27.3 Å². The maximum atomic E-state index is 13.2. The van der Waals surface area contributed by atoms with Crippen LogP contribution in [0.1, 0.15) is 39.1 Å². The third kappa shape index (κ3) is 3.21. The average molecular weight is 477 g/mol. The third-order valence-corrected chi connectivity index (χ3v) is 6.88. The van der Waals surface area contributed by atoms with Crippen LogP contribution >= 0.6 is 11.6 Å². The number of barbiturate groups is 1. The summed E-state index contributed by atoms with van der Waals surface area (Å²) in [6.45, 7) is 8.53. The molecule has 0 bridgehead atoms. The van der Waals surface area contributed by atoms with E-state index in [1.165, 1.54) is 0 Å². The number of rotatable bonds is 3. The molecule has 3 aliphatic rings. The van der Waals surface area contributed by atoms with Gasteiger partial charge in [-0.05, 0) is 13.8 Å². The van der Waals surface area contributed by atoms with Crippen LogP contribution in [0.3, 0.4) is 0 Å². The van der Waals surface area contributed by atoms with Crippen LogP contribution in [0.2, 0.25) is 5.02 Å². The van der Waals surface area contributed by atoms with E-state index >= 15 is 0 Å². The predicted molar refractivity (Wildman–Crippen MR) is 118 cm³/mol. The van der Waals surface area contributed by atoms with Crippen molar-refractivity contribution < 1.29 is 23.6 Å². The van der Waals surface area contributed by atoms with Crippen molar-refractivity contribution in [1.29, 1.82) is 0 Å². The van der Waals surface area contributed by atoms with E-state index in [4.69, 9.17) is 25.8 Å². The lowest BCUT2D eigenvalue weighted by Gasteiger charge is -2.55. The maximum Gasteiger partial charge on any atom is 0.328 e. The second-order valence-corrected chi connectivity index (χ2v) is 9.58. The minimum absolute atomic E-state index is 0.0472. The van der Waals surface area contributed by atoms with Crippen LogP contribution < -0.4 is 20.9 Å². The monoisotopic (exact) mass is 476 g/mol. The number of hydrogen-bond donors (Lipinski definition) is 3. The summed E-state index contributed by atoms with van der Waals surface area (Å²) in [6, 6.07) is -1.32. The molecule has 0 saturated carbocycles. The van der Waals surface area contributed by atoms with E-state index in [0.29, 0.717) is 46.3 Å². The lowest BCUT2D eigenvalue weighted by atomic mass is 9.67. The average Bonchev–Trinajstić information content (AvgIpc) is 3.12. The van der Waals surface area contributed by atoms with Crippen LogP contribution in [0, 0.1) is 5.41 Å². The molecule has 2 aromatic heterocycles. The number of urea groups is 1. The fraction of sp³-hybridized carbons (Fsp3) is 0.571. The highest BCUT2D eigenvalue weighted by atomic mass is 35.5. The Morgan fingerprint density at radius 3 is 2.61 bits per heavy atom. The van der Waals surface area contributed by atoms with Crippen molar-refractivity contribution in [3.05, 3.63) is 16.4 Å². The molecule has 4 amide bonds. The number of morpholine rings is 1. The zero-order valence-electron chi connectivity index (χ0n) is 18.7. The number of amides is 4. The summed E-state index contributed by atoms with van der Waals surface area (Å²) < 4.78 is 11.6. The topological polar surface area (TPSA) is 139 Å². The molecule has 12 heteroatoms. The first-order valence-corrected chi connectivity index (χ1v) is 11.3. The highest BCUT2D eigenvalue weighted by Crippen LogP contribution is 2.50. The van der Waals surface area contributed by atoms with Crippen LogP contribution in [-0.4, -0.2) is 58.8 Å². The van der Waals surface area contributed by atoms with Crippen molar-refractivity contribution in [1.82, 2.24) is 26.1 Å². The standard InChI is InChI=1S/C21H25ClN6O5/c1-8(2)23-6-12-14-16(33-27-12)13(22)15-11(24-14)5-21(18(29)25-20(31)26-19(21)30)17-10(4)32-9(3)7-28(15)17/h8-10,17,23H,5-7H2,1-4H3,(H2,25,26,29,30,31). The Morgan fingerprint density at radius 2 is 1.94 bits per heavy atom. The van der Waals surface area contributed by atoms with E-state index in [9.17, 15) is 14.4 Å². The van der Waals surface area contributed by atoms with Gasteiger partial charge in [0.2, 0.25) is 17.4 Å². The van der Waals surface area contributed by atoms with Crippen LogP contribution in [0.4, 0.5) is 10.5 Å². The zero-order valence-corrected chi connectivity index (χ0v) is 19.4. The van der Waals surface area contributed by atoms with Gasteiger partial charge in [-0.25, -0.2) is 9.78 Å². The number of ether oxygens (including phenoxy) is 1. The lowest BCUT2D eigenvalue weighted by molar-refractivity contribution is -0.153. The molecular weight excluding hydrogens is 452 g/mol. The fourth-order valence-electron chi connectivity index (χ4n) is 5.22. The molecule has 3 aliphatic heterocycles. The van der Waals surface area contributed by atoms with Crippen LogP contribution in [0.5, 0.6) is 0 Å². The zero-order chi connectivity index (χ0) is 23.7. The summed E-state index contributed by atoms with van der Waals surface area (Å²) in [4.78, 5) is 45.0. The molecule has 3 atom stereocenters. The Balaban J connectivity index is 1.71. The molecule has 1 spiro atoms. The van der Waals surface area contributed by atoms with Crippen LogP contribution in [0.15, 0.2) is 4.52 Å². The van der Waals surface area contributed by atoms with Gasteiger partial charge in [0.15, 0.2) is 5.41 Å². The van der Waals surface area contributed by atoms with Gasteiger partial charge < -0.3 is 19.5 Å². The number of nitrogens with zero attached hydrogens (tertiary/aromatic N) is 3. The summed E-state index contributed by atoms with van der Waals surface area (Å²) in [5, 5.41) is 12.3. The van der Waals surface area contributed by atoms with E-state index in [2.05, 4.69) is 21.1 Å². The molecule has 33 heavy (non-hydrogen) atoms. The highest BCUT2D eigenvalue weighted by Gasteiger charge is 2.63. The number of anilines is 1. The van der Waals surface area contributed by atoms with Crippen LogP contribution in [0.25, 0.3) is 11.1 Å². The summed E-state index contributed by atoms with van der Waals surface area (Å²) >= 11 is 6.84. The molecule has 3 N–H and O–H groups in total. The molecular formula is C21H25ClN6O5.